The first kappa shape index (κ1) is 28.9. The second-order valence-electron chi connectivity index (χ2n) is 10.4. The van der Waals surface area contributed by atoms with Crippen LogP contribution in [0.2, 0.25) is 0 Å². The first-order valence-electron chi connectivity index (χ1n) is 13.5. The Hall–Kier alpha value is -4.59. The number of likely N-dealkylation sites (N-methyl/N-ethyl adjacent to an activating group) is 1. The van der Waals surface area contributed by atoms with Crippen molar-refractivity contribution in [2.75, 3.05) is 32.5 Å². The molecule has 0 spiro atoms. The van der Waals surface area contributed by atoms with E-state index in [0.717, 1.165) is 29.0 Å². The number of hydrogen-bond acceptors (Lipinski definition) is 5. The van der Waals surface area contributed by atoms with Gasteiger partial charge in [-0.1, -0.05) is 30.2 Å². The molecule has 2 aromatic carbocycles. The molecule has 0 bridgehead atoms. The highest BCUT2D eigenvalue weighted by Crippen LogP contribution is 2.35. The molecule has 216 valence electrons. The van der Waals surface area contributed by atoms with Crippen molar-refractivity contribution < 1.29 is 13.2 Å². The summed E-state index contributed by atoms with van der Waals surface area (Å²) >= 11 is 0. The second-order valence-corrected chi connectivity index (χ2v) is 10.4. The molecule has 0 aliphatic heterocycles. The number of aromatic nitrogens is 4. The number of hydrogen-bond donors (Lipinski definition) is 2. The monoisotopic (exact) mass is 571 g/mol. The van der Waals surface area contributed by atoms with Crippen LogP contribution in [-0.4, -0.2) is 51.2 Å². The zero-order chi connectivity index (χ0) is 29.9. The number of alkyl halides is 3. The van der Waals surface area contributed by atoms with Gasteiger partial charge in [0.05, 0.1) is 29.3 Å². The number of nitrogens with zero attached hydrogens (tertiary/aromatic N) is 5. The second kappa shape index (κ2) is 12.1. The summed E-state index contributed by atoms with van der Waals surface area (Å²) in [5, 5.41) is 10.6. The Morgan fingerprint density at radius 2 is 1.79 bits per heavy atom. The van der Waals surface area contributed by atoms with Crippen LogP contribution in [0.15, 0.2) is 73.3 Å². The third kappa shape index (κ3) is 6.65. The van der Waals surface area contributed by atoms with Crippen LogP contribution in [0.25, 0.3) is 16.8 Å². The number of anilines is 2. The lowest BCUT2D eigenvalue weighted by atomic mass is 9.96. The molecule has 0 unspecified atom stereocenters. The summed E-state index contributed by atoms with van der Waals surface area (Å²) in [6.07, 6.45) is 2.74. The van der Waals surface area contributed by atoms with Crippen LogP contribution in [0.3, 0.4) is 0 Å². The smallest absolute Gasteiger partial charge is 0.350 e. The quantitative estimate of drug-likeness (QED) is 0.181. The molecule has 7 nitrogen and oxygen atoms in total. The number of benzene rings is 2. The third-order valence-electron chi connectivity index (χ3n) is 6.88. The van der Waals surface area contributed by atoms with Gasteiger partial charge in [-0.15, -0.1) is 0 Å². The van der Waals surface area contributed by atoms with E-state index in [2.05, 4.69) is 32.6 Å². The number of rotatable bonds is 8. The number of aryl methyl sites for hydroxylation is 2. The molecule has 0 aliphatic carbocycles. The van der Waals surface area contributed by atoms with Crippen molar-refractivity contribution in [3.05, 3.63) is 101 Å². The van der Waals surface area contributed by atoms with E-state index >= 15 is 0 Å². The van der Waals surface area contributed by atoms with Gasteiger partial charge in [-0.05, 0) is 73.5 Å². The van der Waals surface area contributed by atoms with Gasteiger partial charge in [0.2, 0.25) is 0 Å². The highest BCUT2D eigenvalue weighted by atomic mass is 19.4. The Balaban J connectivity index is 1.42. The predicted molar refractivity (Wildman–Crippen MR) is 160 cm³/mol. The molecule has 0 radical (unpaired) electrons. The van der Waals surface area contributed by atoms with Crippen LogP contribution in [0.5, 0.6) is 0 Å². The fourth-order valence-corrected chi connectivity index (χ4v) is 4.61. The molecule has 2 N–H and O–H groups in total. The number of nitrogens with one attached hydrogen (secondary N) is 2. The minimum Gasteiger partial charge on any atom is -0.350 e. The van der Waals surface area contributed by atoms with Gasteiger partial charge >= 0.3 is 6.18 Å². The van der Waals surface area contributed by atoms with Crippen LogP contribution < -0.4 is 10.6 Å². The highest BCUT2D eigenvalue weighted by Gasteiger charge is 2.33. The molecule has 0 saturated heterocycles. The van der Waals surface area contributed by atoms with Gasteiger partial charge in [0.1, 0.15) is 5.69 Å². The van der Waals surface area contributed by atoms with Gasteiger partial charge < -0.3 is 15.5 Å². The van der Waals surface area contributed by atoms with E-state index in [-0.39, 0.29) is 12.1 Å². The van der Waals surface area contributed by atoms with Crippen molar-refractivity contribution in [1.29, 1.82) is 0 Å². The third-order valence-corrected chi connectivity index (χ3v) is 6.88. The maximum Gasteiger partial charge on any atom is 0.416 e. The first-order chi connectivity index (χ1) is 20.1. The summed E-state index contributed by atoms with van der Waals surface area (Å²) in [4.78, 5) is 6.53. The number of pyridine rings is 1. The highest BCUT2D eigenvalue weighted by molar-refractivity contribution is 5.74. The molecule has 0 aliphatic rings. The minimum atomic E-state index is -4.46. The van der Waals surface area contributed by atoms with Gasteiger partial charge in [-0.2, -0.15) is 18.3 Å². The van der Waals surface area contributed by atoms with Gasteiger partial charge in [0, 0.05) is 44.6 Å². The van der Waals surface area contributed by atoms with Crippen molar-refractivity contribution in [3.8, 4) is 23.0 Å². The summed E-state index contributed by atoms with van der Waals surface area (Å²) in [6, 6.07) is 13.9. The van der Waals surface area contributed by atoms with E-state index in [1.54, 1.807) is 29.2 Å². The topological polar surface area (TPSA) is 62.4 Å². The Morgan fingerprint density at radius 3 is 2.52 bits per heavy atom. The van der Waals surface area contributed by atoms with Crippen molar-refractivity contribution in [1.82, 2.24) is 29.4 Å². The Kier molecular flexibility index (Phi) is 8.34. The molecule has 0 amide bonds. The fraction of sp³-hybridized carbons (Fsp3) is 0.250. The van der Waals surface area contributed by atoms with Crippen LogP contribution in [0.4, 0.5) is 24.5 Å². The lowest BCUT2D eigenvalue weighted by molar-refractivity contribution is -0.138. The SMILES string of the molecule is Cc1ccc(-c2ccc(CNCCN(C)C)c(C(F)(F)F)c2)cc1C#Cc1cnc2c(Nc3cnn(C)c3)cccn12. The van der Waals surface area contributed by atoms with Crippen LogP contribution in [0.1, 0.15) is 27.9 Å². The lowest BCUT2D eigenvalue weighted by Gasteiger charge is -2.16. The van der Waals surface area contributed by atoms with Crippen molar-refractivity contribution in [2.24, 2.45) is 7.05 Å². The van der Waals surface area contributed by atoms with Gasteiger partial charge in [-0.25, -0.2) is 4.98 Å². The van der Waals surface area contributed by atoms with E-state index in [1.807, 2.05) is 80.1 Å². The normalized spacial score (nSPS) is 11.6. The summed E-state index contributed by atoms with van der Waals surface area (Å²) in [7, 11) is 5.70. The van der Waals surface area contributed by atoms with Crippen LogP contribution in [-0.2, 0) is 19.8 Å². The Bertz CT molecular complexity index is 1770. The van der Waals surface area contributed by atoms with E-state index in [1.165, 1.54) is 6.07 Å². The van der Waals surface area contributed by atoms with E-state index < -0.39 is 11.7 Å². The standard InChI is InChI=1S/C32H32F3N7/c1-22-7-8-24(25-9-10-26(18-36-13-15-40(2)3)29(17-25)32(33,34)35)16-23(22)11-12-28-20-37-31-30(6-5-14-42(28)31)39-27-19-38-41(4)21-27/h5-10,14,16-17,19-21,36,39H,13,15,18H2,1-4H3. The Morgan fingerprint density at radius 1 is 1.00 bits per heavy atom. The molecule has 0 fully saturated rings. The van der Waals surface area contributed by atoms with Crippen LogP contribution in [0, 0.1) is 18.8 Å². The molecule has 5 rings (SSSR count). The molecular formula is C32H32F3N7. The molecular weight excluding hydrogens is 539 g/mol. The molecule has 0 saturated carbocycles. The number of imidazole rings is 1. The summed E-state index contributed by atoms with van der Waals surface area (Å²) in [5.41, 5.74) is 5.47. The zero-order valence-corrected chi connectivity index (χ0v) is 23.9. The zero-order valence-electron chi connectivity index (χ0n) is 23.9. The van der Waals surface area contributed by atoms with E-state index in [4.69, 9.17) is 0 Å². The average Bonchev–Trinajstić information content (AvgIpc) is 3.56. The molecule has 3 aromatic heterocycles. The maximum absolute atomic E-state index is 14.0. The molecule has 10 heteroatoms. The molecule has 5 aromatic rings. The number of halogens is 3. The van der Waals surface area contributed by atoms with Crippen molar-refractivity contribution >= 4 is 17.0 Å². The molecule has 0 atom stereocenters. The Labute approximate surface area is 243 Å². The number of fused-ring (bicyclic) bond motifs is 1. The van der Waals surface area contributed by atoms with Gasteiger partial charge in [-0.3, -0.25) is 9.08 Å². The fourth-order valence-electron chi connectivity index (χ4n) is 4.61. The van der Waals surface area contributed by atoms with Gasteiger partial charge in [0.15, 0.2) is 5.65 Å². The maximum atomic E-state index is 14.0. The van der Waals surface area contributed by atoms with E-state index in [9.17, 15) is 13.2 Å². The largest absolute Gasteiger partial charge is 0.416 e. The van der Waals surface area contributed by atoms with Crippen LogP contribution >= 0.6 is 0 Å². The molecule has 3 heterocycles. The van der Waals surface area contributed by atoms with Crippen molar-refractivity contribution in [2.45, 2.75) is 19.6 Å². The summed E-state index contributed by atoms with van der Waals surface area (Å²) < 4.78 is 45.6. The summed E-state index contributed by atoms with van der Waals surface area (Å²) in [6.45, 7) is 3.42. The molecule has 42 heavy (non-hydrogen) atoms. The van der Waals surface area contributed by atoms with Gasteiger partial charge in [0.25, 0.3) is 0 Å². The van der Waals surface area contributed by atoms with Crippen molar-refractivity contribution in [3.63, 3.8) is 0 Å². The lowest BCUT2D eigenvalue weighted by Crippen LogP contribution is -2.27. The first-order valence-corrected chi connectivity index (χ1v) is 13.5. The minimum absolute atomic E-state index is 0.145. The summed E-state index contributed by atoms with van der Waals surface area (Å²) in [5.74, 6) is 6.40. The van der Waals surface area contributed by atoms with E-state index in [0.29, 0.717) is 29.0 Å². The predicted octanol–water partition coefficient (Wildman–Crippen LogP) is 5.86. The average molecular weight is 572 g/mol.